The van der Waals surface area contributed by atoms with Gasteiger partial charge in [-0.25, -0.2) is 5.09 Å². The summed E-state index contributed by atoms with van der Waals surface area (Å²) in [6, 6.07) is 8.39. The molecule has 0 bridgehead atoms. The number of hydrogen-bond donors (Lipinski definition) is 1. The van der Waals surface area contributed by atoms with Crippen LogP contribution >= 0.6 is 17.0 Å². The fourth-order valence-corrected chi connectivity index (χ4v) is 3.62. The lowest BCUT2D eigenvalue weighted by Crippen LogP contribution is -2.33. The number of ether oxygens (including phenoxy) is 1. The predicted octanol–water partition coefficient (Wildman–Crippen LogP) is 3.07. The molecule has 1 aromatic rings. The maximum atomic E-state index is 11.4. The van der Waals surface area contributed by atoms with Crippen LogP contribution in [0, 0.1) is 0 Å². The van der Waals surface area contributed by atoms with Gasteiger partial charge in [0.1, 0.15) is 11.8 Å². The van der Waals surface area contributed by atoms with Crippen LogP contribution in [0.2, 0.25) is 0 Å². The normalized spacial score (nSPS) is 15.5. The van der Waals surface area contributed by atoms with Gasteiger partial charge in [-0.3, -0.25) is 4.79 Å². The molecule has 0 aromatic heterocycles. The molecule has 0 aliphatic rings. The molecule has 7 heteroatoms. The molecule has 2 atom stereocenters. The Labute approximate surface area is 117 Å². The van der Waals surface area contributed by atoms with Crippen LogP contribution < -0.4 is 9.61 Å². The molecule has 0 aliphatic carbocycles. The molecule has 0 aliphatic heterocycles. The van der Waals surface area contributed by atoms with E-state index in [2.05, 4.69) is 5.09 Å². The molecule has 1 N–H and O–H groups in total. The molecule has 1 aromatic carbocycles. The van der Waals surface area contributed by atoms with Crippen molar-refractivity contribution in [2.75, 3.05) is 6.61 Å². The monoisotopic (exact) mass is 307 g/mol. The number of esters is 1. The summed E-state index contributed by atoms with van der Waals surface area (Å²) in [5, 5.41) is 2.78. The van der Waals surface area contributed by atoms with E-state index < -0.39 is 17.8 Å². The number of carbonyl (C=O) groups is 1. The first-order valence-electron chi connectivity index (χ1n) is 5.43. The second-order valence-electron chi connectivity index (χ2n) is 3.49. The number of rotatable bonds is 6. The summed E-state index contributed by atoms with van der Waals surface area (Å²) in [6.45, 7) is 3.69. The average molecular weight is 308 g/mol. The van der Waals surface area contributed by atoms with Gasteiger partial charge in [0, 0.05) is 0 Å². The van der Waals surface area contributed by atoms with Crippen molar-refractivity contribution in [3.8, 4) is 5.75 Å². The highest BCUT2D eigenvalue weighted by Crippen LogP contribution is 2.48. The smallest absolute Gasteiger partial charge is 0.323 e. The minimum Gasteiger partial charge on any atom is -0.465 e. The zero-order valence-corrected chi connectivity index (χ0v) is 12.6. The number of hydrogen-bond acceptors (Lipinski definition) is 4. The molecule has 100 valence electrons. The molecule has 0 saturated heterocycles. The van der Waals surface area contributed by atoms with Gasteiger partial charge in [0.25, 0.3) is 5.77 Å². The quantitative estimate of drug-likeness (QED) is 0.646. The van der Waals surface area contributed by atoms with Crippen molar-refractivity contribution >= 4 is 34.8 Å². The molecule has 0 heterocycles. The van der Waals surface area contributed by atoms with Gasteiger partial charge in [-0.15, -0.1) is 0 Å². The van der Waals surface area contributed by atoms with Crippen LogP contribution in [0.25, 0.3) is 0 Å². The first-order valence-corrected chi connectivity index (χ1v) is 9.06. The Morgan fingerprint density at radius 1 is 1.50 bits per heavy atom. The molecular weight excluding hydrogens is 293 g/mol. The van der Waals surface area contributed by atoms with Crippen molar-refractivity contribution in [1.82, 2.24) is 5.09 Å². The van der Waals surface area contributed by atoms with E-state index >= 15 is 0 Å². The highest BCUT2D eigenvalue weighted by atomic mass is 35.7. The highest BCUT2D eigenvalue weighted by Gasteiger charge is 2.23. The van der Waals surface area contributed by atoms with Crippen molar-refractivity contribution in [2.45, 2.75) is 19.9 Å². The lowest BCUT2D eigenvalue weighted by Gasteiger charge is -2.20. The van der Waals surface area contributed by atoms with Crippen molar-refractivity contribution in [3.63, 3.8) is 0 Å². The summed E-state index contributed by atoms with van der Waals surface area (Å²) < 4.78 is 10.3. The van der Waals surface area contributed by atoms with Gasteiger partial charge in [0.05, 0.1) is 6.61 Å². The van der Waals surface area contributed by atoms with E-state index in [1.165, 1.54) is 0 Å². The molecule has 4 nitrogen and oxygen atoms in total. The molecule has 0 fully saturated rings. The largest absolute Gasteiger partial charge is 0.465 e. The fourth-order valence-electron chi connectivity index (χ4n) is 1.19. The van der Waals surface area contributed by atoms with E-state index in [4.69, 9.17) is 32.3 Å². The Balaban J connectivity index is 2.59. The van der Waals surface area contributed by atoms with Gasteiger partial charge >= 0.3 is 5.97 Å². The third kappa shape index (κ3) is 5.36. The third-order valence-corrected chi connectivity index (χ3v) is 4.14. The van der Waals surface area contributed by atoms with Gasteiger partial charge in [0.15, 0.2) is 0 Å². The number of carbonyl (C=O) groups excluding carboxylic acids is 1. The third-order valence-electron chi connectivity index (χ3n) is 1.95. The van der Waals surface area contributed by atoms with Gasteiger partial charge < -0.3 is 9.26 Å². The van der Waals surface area contributed by atoms with E-state index in [9.17, 15) is 4.79 Å². The van der Waals surface area contributed by atoms with Crippen LogP contribution in [0.5, 0.6) is 5.75 Å². The molecular formula is C11H15ClNO3PS. The van der Waals surface area contributed by atoms with Crippen LogP contribution in [0.3, 0.4) is 0 Å². The minimum absolute atomic E-state index is 0.315. The van der Waals surface area contributed by atoms with Crippen molar-refractivity contribution < 1.29 is 14.1 Å². The van der Waals surface area contributed by atoms with E-state index in [1.807, 2.05) is 18.2 Å². The van der Waals surface area contributed by atoms with Crippen molar-refractivity contribution in [1.29, 1.82) is 0 Å². The summed E-state index contributed by atoms with van der Waals surface area (Å²) in [5.74, 6) is -2.62. The van der Waals surface area contributed by atoms with Gasteiger partial charge in [-0.2, -0.15) is 0 Å². The maximum Gasteiger partial charge on any atom is 0.323 e. The van der Waals surface area contributed by atoms with Gasteiger partial charge in [-0.1, -0.05) is 18.2 Å². The first-order chi connectivity index (χ1) is 8.44. The first kappa shape index (κ1) is 15.4. The summed E-state index contributed by atoms with van der Waals surface area (Å²) in [7, 11) is 0. The number of para-hydroxylation sites is 1. The molecule has 0 spiro atoms. The molecule has 0 radical (unpaired) electrons. The topological polar surface area (TPSA) is 47.6 Å². The highest BCUT2D eigenvalue weighted by molar-refractivity contribution is 8.23. The lowest BCUT2D eigenvalue weighted by atomic mass is 10.3. The molecule has 1 unspecified atom stereocenters. The average Bonchev–Trinajstić information content (AvgIpc) is 2.29. The fraction of sp³-hybridized carbons (Fsp3) is 0.364. The van der Waals surface area contributed by atoms with Crippen molar-refractivity contribution in [2.24, 2.45) is 0 Å². The number of nitrogens with one attached hydrogen (secondary N) is 1. The molecule has 0 saturated carbocycles. The van der Waals surface area contributed by atoms with E-state index in [0.29, 0.717) is 12.4 Å². The number of benzene rings is 1. The second-order valence-corrected chi connectivity index (χ2v) is 8.46. The van der Waals surface area contributed by atoms with Gasteiger partial charge in [-0.05, 0) is 49.0 Å². The van der Waals surface area contributed by atoms with Crippen LogP contribution in [0.1, 0.15) is 13.8 Å². The summed E-state index contributed by atoms with van der Waals surface area (Å²) >= 11 is 11.2. The molecule has 1 rings (SSSR count). The van der Waals surface area contributed by atoms with E-state index in [1.54, 1.807) is 26.0 Å². The Hall–Kier alpha value is -0.610. The zero-order chi connectivity index (χ0) is 13.6. The maximum absolute atomic E-state index is 11.4. The Bertz CT molecular complexity index is 443. The van der Waals surface area contributed by atoms with Crippen LogP contribution in [0.15, 0.2) is 30.3 Å². The molecule has 0 amide bonds. The van der Waals surface area contributed by atoms with Crippen LogP contribution in [-0.2, 0) is 21.3 Å². The minimum atomic E-state index is -2.79. The SMILES string of the molecule is CCOC(=O)[C@H](C)NP(=S)(Cl)Oc1ccccc1. The summed E-state index contributed by atoms with van der Waals surface area (Å²) in [4.78, 5) is 11.4. The van der Waals surface area contributed by atoms with Gasteiger partial charge in [0.2, 0.25) is 0 Å². The summed E-state index contributed by atoms with van der Waals surface area (Å²) in [6.07, 6.45) is 0. The molecule has 18 heavy (non-hydrogen) atoms. The Morgan fingerprint density at radius 2 is 2.11 bits per heavy atom. The lowest BCUT2D eigenvalue weighted by molar-refractivity contribution is -0.144. The predicted molar refractivity (Wildman–Crippen MR) is 76.4 cm³/mol. The van der Waals surface area contributed by atoms with Crippen molar-refractivity contribution in [3.05, 3.63) is 30.3 Å². The van der Waals surface area contributed by atoms with Crippen LogP contribution in [-0.4, -0.2) is 18.6 Å². The number of halogens is 1. The standard InChI is InChI=1S/C11H15ClNO3PS/c1-3-15-11(14)9(2)13-17(12,18)16-10-7-5-4-6-8-10/h4-9H,3H2,1-2H3,(H,13,18)/t9-,17?/m0/s1. The van der Waals surface area contributed by atoms with E-state index in [-0.39, 0.29) is 0 Å². The summed E-state index contributed by atoms with van der Waals surface area (Å²) in [5.41, 5.74) is 0. The Morgan fingerprint density at radius 3 is 2.67 bits per heavy atom. The zero-order valence-electron chi connectivity index (χ0n) is 10.1. The van der Waals surface area contributed by atoms with Crippen LogP contribution in [0.4, 0.5) is 0 Å². The second kappa shape index (κ2) is 7.10. The Kier molecular flexibility index (Phi) is 6.09. The van der Waals surface area contributed by atoms with E-state index in [0.717, 1.165) is 0 Å².